The summed E-state index contributed by atoms with van der Waals surface area (Å²) in [6.07, 6.45) is 2.01. The molecule has 78 valence electrons. The summed E-state index contributed by atoms with van der Waals surface area (Å²) in [4.78, 5) is 0. The Morgan fingerprint density at radius 3 is 2.36 bits per heavy atom. The van der Waals surface area contributed by atoms with Crippen LogP contribution in [0.2, 0.25) is 0 Å². The Morgan fingerprint density at radius 1 is 1.21 bits per heavy atom. The predicted molar refractivity (Wildman–Crippen MR) is 59.4 cm³/mol. The quantitative estimate of drug-likeness (QED) is 0.780. The lowest BCUT2D eigenvalue weighted by Gasteiger charge is -2.10. The van der Waals surface area contributed by atoms with Crippen LogP contribution in [0, 0.1) is 0 Å². The SMILES string of the molecule is CCCOc1ccc([C@H](N)CC)cc1. The fraction of sp³-hybridized carbons (Fsp3) is 0.500. The van der Waals surface area contributed by atoms with Gasteiger partial charge in [0.15, 0.2) is 0 Å². The minimum absolute atomic E-state index is 0.148. The molecule has 1 aromatic carbocycles. The second kappa shape index (κ2) is 5.66. The van der Waals surface area contributed by atoms with Gasteiger partial charge in [0.2, 0.25) is 0 Å². The molecule has 0 spiro atoms. The standard InChI is InChI=1S/C12H19NO/c1-3-9-14-11-7-5-10(6-8-11)12(13)4-2/h5-8,12H,3-4,9,13H2,1-2H3/t12-/m1/s1. The highest BCUT2D eigenvalue weighted by Gasteiger charge is 2.02. The van der Waals surface area contributed by atoms with Crippen molar-refractivity contribution in [3.63, 3.8) is 0 Å². The van der Waals surface area contributed by atoms with E-state index in [0.717, 1.165) is 25.2 Å². The number of rotatable bonds is 5. The first-order valence-corrected chi connectivity index (χ1v) is 5.26. The smallest absolute Gasteiger partial charge is 0.119 e. The molecule has 0 aliphatic heterocycles. The van der Waals surface area contributed by atoms with E-state index in [2.05, 4.69) is 13.8 Å². The summed E-state index contributed by atoms with van der Waals surface area (Å²) in [5, 5.41) is 0. The van der Waals surface area contributed by atoms with Gasteiger partial charge >= 0.3 is 0 Å². The number of benzene rings is 1. The van der Waals surface area contributed by atoms with Crippen molar-refractivity contribution in [3.8, 4) is 5.75 Å². The highest BCUT2D eigenvalue weighted by molar-refractivity contribution is 5.28. The second-order valence-electron chi connectivity index (χ2n) is 3.43. The van der Waals surface area contributed by atoms with Crippen LogP contribution < -0.4 is 10.5 Å². The van der Waals surface area contributed by atoms with Crippen molar-refractivity contribution in [1.82, 2.24) is 0 Å². The van der Waals surface area contributed by atoms with Gasteiger partial charge in [0.1, 0.15) is 5.75 Å². The average Bonchev–Trinajstić information content (AvgIpc) is 2.26. The molecule has 1 aromatic rings. The van der Waals surface area contributed by atoms with Gasteiger partial charge in [-0.2, -0.15) is 0 Å². The molecule has 0 saturated heterocycles. The van der Waals surface area contributed by atoms with Gasteiger partial charge in [-0.05, 0) is 30.5 Å². The molecule has 0 bridgehead atoms. The lowest BCUT2D eigenvalue weighted by Crippen LogP contribution is -2.08. The fourth-order valence-electron chi connectivity index (χ4n) is 1.27. The Bertz CT molecular complexity index is 256. The van der Waals surface area contributed by atoms with Gasteiger partial charge in [-0.1, -0.05) is 26.0 Å². The van der Waals surface area contributed by atoms with Crippen molar-refractivity contribution < 1.29 is 4.74 Å². The summed E-state index contributed by atoms with van der Waals surface area (Å²) in [5.41, 5.74) is 7.08. The number of ether oxygens (including phenoxy) is 1. The van der Waals surface area contributed by atoms with Crippen molar-refractivity contribution in [3.05, 3.63) is 29.8 Å². The van der Waals surface area contributed by atoms with Crippen molar-refractivity contribution in [2.24, 2.45) is 5.73 Å². The molecular formula is C12H19NO. The Kier molecular flexibility index (Phi) is 4.47. The zero-order valence-corrected chi connectivity index (χ0v) is 8.99. The molecular weight excluding hydrogens is 174 g/mol. The van der Waals surface area contributed by atoms with E-state index in [1.54, 1.807) is 0 Å². The number of hydrogen-bond donors (Lipinski definition) is 1. The van der Waals surface area contributed by atoms with Gasteiger partial charge in [0.25, 0.3) is 0 Å². The van der Waals surface area contributed by atoms with Crippen LogP contribution in [0.25, 0.3) is 0 Å². The van der Waals surface area contributed by atoms with Crippen LogP contribution in [0.3, 0.4) is 0 Å². The van der Waals surface area contributed by atoms with Gasteiger partial charge < -0.3 is 10.5 Å². The summed E-state index contributed by atoms with van der Waals surface area (Å²) in [6, 6.07) is 8.20. The molecule has 0 aliphatic rings. The van der Waals surface area contributed by atoms with E-state index >= 15 is 0 Å². The highest BCUT2D eigenvalue weighted by atomic mass is 16.5. The minimum atomic E-state index is 0.148. The molecule has 0 radical (unpaired) electrons. The molecule has 0 fully saturated rings. The molecule has 0 amide bonds. The molecule has 0 saturated carbocycles. The van der Waals surface area contributed by atoms with Crippen LogP contribution in [-0.4, -0.2) is 6.61 Å². The van der Waals surface area contributed by atoms with E-state index in [4.69, 9.17) is 10.5 Å². The average molecular weight is 193 g/mol. The topological polar surface area (TPSA) is 35.2 Å². The molecule has 1 atom stereocenters. The maximum atomic E-state index is 5.90. The van der Waals surface area contributed by atoms with Crippen molar-refractivity contribution in [2.45, 2.75) is 32.7 Å². The Labute approximate surface area is 86.1 Å². The molecule has 0 aromatic heterocycles. The molecule has 1 rings (SSSR count). The van der Waals surface area contributed by atoms with E-state index < -0.39 is 0 Å². The van der Waals surface area contributed by atoms with Crippen molar-refractivity contribution >= 4 is 0 Å². The first kappa shape index (κ1) is 11.1. The lowest BCUT2D eigenvalue weighted by atomic mass is 10.1. The molecule has 0 unspecified atom stereocenters. The van der Waals surface area contributed by atoms with Gasteiger partial charge in [0.05, 0.1) is 6.61 Å². The number of nitrogens with two attached hydrogens (primary N) is 1. The van der Waals surface area contributed by atoms with Crippen molar-refractivity contribution in [2.75, 3.05) is 6.61 Å². The van der Waals surface area contributed by atoms with Crippen molar-refractivity contribution in [1.29, 1.82) is 0 Å². The monoisotopic (exact) mass is 193 g/mol. The van der Waals surface area contributed by atoms with Crippen LogP contribution in [0.4, 0.5) is 0 Å². The highest BCUT2D eigenvalue weighted by Crippen LogP contribution is 2.18. The summed E-state index contributed by atoms with van der Waals surface area (Å²) >= 11 is 0. The predicted octanol–water partition coefficient (Wildman–Crippen LogP) is 2.89. The molecule has 2 nitrogen and oxygen atoms in total. The maximum Gasteiger partial charge on any atom is 0.119 e. The summed E-state index contributed by atoms with van der Waals surface area (Å²) in [5.74, 6) is 0.930. The van der Waals surface area contributed by atoms with Crippen LogP contribution in [0.15, 0.2) is 24.3 Å². The van der Waals surface area contributed by atoms with E-state index in [1.165, 1.54) is 5.56 Å². The zero-order chi connectivity index (χ0) is 10.4. The van der Waals surface area contributed by atoms with E-state index in [1.807, 2.05) is 24.3 Å². The van der Waals surface area contributed by atoms with Crippen LogP contribution in [0.1, 0.15) is 38.3 Å². The van der Waals surface area contributed by atoms with Crippen LogP contribution >= 0.6 is 0 Å². The second-order valence-corrected chi connectivity index (χ2v) is 3.43. The maximum absolute atomic E-state index is 5.90. The largest absolute Gasteiger partial charge is 0.494 e. The summed E-state index contributed by atoms with van der Waals surface area (Å²) in [6.45, 7) is 4.96. The number of hydrogen-bond acceptors (Lipinski definition) is 2. The van der Waals surface area contributed by atoms with Gasteiger partial charge in [-0.15, -0.1) is 0 Å². The molecule has 14 heavy (non-hydrogen) atoms. The van der Waals surface area contributed by atoms with Crippen LogP contribution in [0.5, 0.6) is 5.75 Å². The first-order valence-electron chi connectivity index (χ1n) is 5.26. The minimum Gasteiger partial charge on any atom is -0.494 e. The fourth-order valence-corrected chi connectivity index (χ4v) is 1.27. The summed E-state index contributed by atoms with van der Waals surface area (Å²) in [7, 11) is 0. The van der Waals surface area contributed by atoms with E-state index in [-0.39, 0.29) is 6.04 Å². The van der Waals surface area contributed by atoms with Gasteiger partial charge in [-0.3, -0.25) is 0 Å². The normalized spacial score (nSPS) is 12.5. The van der Waals surface area contributed by atoms with Crippen LogP contribution in [-0.2, 0) is 0 Å². The zero-order valence-electron chi connectivity index (χ0n) is 8.99. The van der Waals surface area contributed by atoms with Gasteiger partial charge in [0, 0.05) is 6.04 Å². The Balaban J connectivity index is 2.59. The molecule has 0 aliphatic carbocycles. The third-order valence-electron chi connectivity index (χ3n) is 2.22. The molecule has 2 N–H and O–H groups in total. The van der Waals surface area contributed by atoms with Gasteiger partial charge in [-0.25, -0.2) is 0 Å². The van der Waals surface area contributed by atoms with E-state index in [9.17, 15) is 0 Å². The third-order valence-corrected chi connectivity index (χ3v) is 2.22. The lowest BCUT2D eigenvalue weighted by molar-refractivity contribution is 0.317. The first-order chi connectivity index (χ1) is 6.77. The third kappa shape index (κ3) is 3.04. The van der Waals surface area contributed by atoms with E-state index in [0.29, 0.717) is 0 Å². The Morgan fingerprint density at radius 2 is 1.86 bits per heavy atom. The molecule has 2 heteroatoms. The molecule has 0 heterocycles. The summed E-state index contributed by atoms with van der Waals surface area (Å²) < 4.78 is 5.48. The Hall–Kier alpha value is -1.02.